The Morgan fingerprint density at radius 1 is 1.22 bits per heavy atom. The van der Waals surface area contributed by atoms with Crippen LogP contribution in [0.2, 0.25) is 0 Å². The number of ether oxygens (including phenoxy) is 2. The molecule has 0 spiro atoms. The summed E-state index contributed by atoms with van der Waals surface area (Å²) in [5, 5.41) is 3.21. The number of aromatic nitrogens is 2. The quantitative estimate of drug-likeness (QED) is 0.720. The molecule has 0 saturated carbocycles. The van der Waals surface area contributed by atoms with Crippen LogP contribution in [0, 0.1) is 0 Å². The molecule has 5 heteroatoms. The minimum Gasteiger partial charge on any atom is -0.475 e. The van der Waals surface area contributed by atoms with Gasteiger partial charge in [0.25, 0.3) is 0 Å². The monoisotopic (exact) mass is 253 g/mol. The number of anilines is 1. The number of nitrogens with zero attached hydrogens (tertiary/aromatic N) is 2. The van der Waals surface area contributed by atoms with E-state index in [0.717, 1.165) is 24.3 Å². The van der Waals surface area contributed by atoms with Crippen LogP contribution in [-0.2, 0) is 11.2 Å². The number of rotatable bonds is 8. The highest BCUT2D eigenvalue weighted by atomic mass is 16.5. The molecule has 0 unspecified atom stereocenters. The Balaban J connectivity index is 2.61. The standard InChI is InChI=1S/C13H23N3O2/c1-5-11-12(14-6-2)15-9-16-13(11)18-8-7-17-10(3)4/h9-10H,5-8H2,1-4H3,(H,14,15,16). The normalized spacial score (nSPS) is 10.7. The molecule has 0 radical (unpaired) electrons. The first kappa shape index (κ1) is 14.7. The molecular formula is C13H23N3O2. The van der Waals surface area contributed by atoms with Crippen molar-refractivity contribution >= 4 is 5.82 Å². The van der Waals surface area contributed by atoms with Crippen LogP contribution in [-0.4, -0.2) is 35.8 Å². The van der Waals surface area contributed by atoms with Crippen molar-refractivity contribution in [3.8, 4) is 5.88 Å². The lowest BCUT2D eigenvalue weighted by Gasteiger charge is -2.13. The lowest BCUT2D eigenvalue weighted by atomic mass is 10.2. The number of hydrogen-bond acceptors (Lipinski definition) is 5. The molecule has 0 aliphatic rings. The average Bonchev–Trinajstić information content (AvgIpc) is 2.35. The maximum Gasteiger partial charge on any atom is 0.221 e. The van der Waals surface area contributed by atoms with Crippen molar-refractivity contribution in [1.29, 1.82) is 0 Å². The smallest absolute Gasteiger partial charge is 0.221 e. The van der Waals surface area contributed by atoms with Crippen LogP contribution in [0.15, 0.2) is 6.33 Å². The first-order valence-corrected chi connectivity index (χ1v) is 6.51. The maximum atomic E-state index is 5.65. The summed E-state index contributed by atoms with van der Waals surface area (Å²) in [4.78, 5) is 8.40. The molecule has 0 atom stereocenters. The zero-order chi connectivity index (χ0) is 13.4. The summed E-state index contributed by atoms with van der Waals surface area (Å²) >= 11 is 0. The predicted octanol–water partition coefficient (Wildman–Crippen LogP) is 2.27. The largest absolute Gasteiger partial charge is 0.475 e. The minimum atomic E-state index is 0.224. The SMILES string of the molecule is CCNc1ncnc(OCCOC(C)C)c1CC. The van der Waals surface area contributed by atoms with Crippen LogP contribution in [0.25, 0.3) is 0 Å². The summed E-state index contributed by atoms with van der Waals surface area (Å²) in [6.45, 7) is 10.0. The minimum absolute atomic E-state index is 0.224. The third-order valence-electron chi connectivity index (χ3n) is 2.38. The second-order valence-electron chi connectivity index (χ2n) is 4.16. The molecule has 18 heavy (non-hydrogen) atoms. The van der Waals surface area contributed by atoms with E-state index in [0.29, 0.717) is 19.1 Å². The van der Waals surface area contributed by atoms with Crippen LogP contribution in [0.4, 0.5) is 5.82 Å². The molecule has 1 aromatic heterocycles. The van der Waals surface area contributed by atoms with Crippen molar-refractivity contribution < 1.29 is 9.47 Å². The lowest BCUT2D eigenvalue weighted by molar-refractivity contribution is 0.0540. The topological polar surface area (TPSA) is 56.3 Å². The van der Waals surface area contributed by atoms with Gasteiger partial charge in [0, 0.05) is 6.54 Å². The van der Waals surface area contributed by atoms with Gasteiger partial charge in [0.2, 0.25) is 5.88 Å². The van der Waals surface area contributed by atoms with Gasteiger partial charge in [-0.2, -0.15) is 0 Å². The van der Waals surface area contributed by atoms with Crippen molar-refractivity contribution in [2.75, 3.05) is 25.1 Å². The molecule has 102 valence electrons. The summed E-state index contributed by atoms with van der Waals surface area (Å²) in [5.74, 6) is 1.51. The van der Waals surface area contributed by atoms with Crippen molar-refractivity contribution in [3.63, 3.8) is 0 Å². The zero-order valence-corrected chi connectivity index (χ0v) is 11.7. The summed E-state index contributed by atoms with van der Waals surface area (Å²) < 4.78 is 11.1. The Morgan fingerprint density at radius 2 is 2.00 bits per heavy atom. The third kappa shape index (κ3) is 4.49. The van der Waals surface area contributed by atoms with Gasteiger partial charge in [-0.25, -0.2) is 9.97 Å². The molecule has 1 rings (SSSR count). The second kappa shape index (κ2) is 7.87. The summed E-state index contributed by atoms with van der Waals surface area (Å²) in [6, 6.07) is 0. The van der Waals surface area contributed by atoms with E-state index in [2.05, 4.69) is 22.2 Å². The predicted molar refractivity (Wildman–Crippen MR) is 72.2 cm³/mol. The first-order chi connectivity index (χ1) is 8.69. The van der Waals surface area contributed by atoms with E-state index in [1.807, 2.05) is 20.8 Å². The Morgan fingerprint density at radius 3 is 2.61 bits per heavy atom. The van der Waals surface area contributed by atoms with Gasteiger partial charge >= 0.3 is 0 Å². The fourth-order valence-corrected chi connectivity index (χ4v) is 1.58. The molecule has 0 fully saturated rings. The van der Waals surface area contributed by atoms with E-state index in [9.17, 15) is 0 Å². The molecule has 5 nitrogen and oxygen atoms in total. The van der Waals surface area contributed by atoms with Crippen molar-refractivity contribution in [3.05, 3.63) is 11.9 Å². The molecule has 1 heterocycles. The molecule has 0 aliphatic heterocycles. The Kier molecular flexibility index (Phi) is 6.43. The molecule has 0 saturated heterocycles. The fraction of sp³-hybridized carbons (Fsp3) is 0.692. The maximum absolute atomic E-state index is 5.65. The van der Waals surface area contributed by atoms with Gasteiger partial charge in [-0.3, -0.25) is 0 Å². The van der Waals surface area contributed by atoms with Crippen LogP contribution in [0.5, 0.6) is 5.88 Å². The van der Waals surface area contributed by atoms with Gasteiger partial charge < -0.3 is 14.8 Å². The van der Waals surface area contributed by atoms with E-state index in [-0.39, 0.29) is 6.10 Å². The van der Waals surface area contributed by atoms with Crippen LogP contribution in [0.1, 0.15) is 33.3 Å². The van der Waals surface area contributed by atoms with Gasteiger partial charge in [-0.05, 0) is 27.2 Å². The average molecular weight is 253 g/mol. The van der Waals surface area contributed by atoms with Crippen LogP contribution < -0.4 is 10.1 Å². The van der Waals surface area contributed by atoms with Crippen LogP contribution in [0.3, 0.4) is 0 Å². The van der Waals surface area contributed by atoms with E-state index in [4.69, 9.17) is 9.47 Å². The summed E-state index contributed by atoms with van der Waals surface area (Å²) in [7, 11) is 0. The van der Waals surface area contributed by atoms with Crippen LogP contribution >= 0.6 is 0 Å². The summed E-state index contributed by atoms with van der Waals surface area (Å²) in [6.07, 6.45) is 2.58. The highest BCUT2D eigenvalue weighted by Crippen LogP contribution is 2.22. The molecule has 0 aliphatic carbocycles. The second-order valence-corrected chi connectivity index (χ2v) is 4.16. The van der Waals surface area contributed by atoms with Gasteiger partial charge in [-0.1, -0.05) is 6.92 Å². The van der Waals surface area contributed by atoms with Gasteiger partial charge in [-0.15, -0.1) is 0 Å². The molecule has 1 aromatic rings. The van der Waals surface area contributed by atoms with E-state index in [1.165, 1.54) is 6.33 Å². The Labute approximate surface area is 109 Å². The molecule has 1 N–H and O–H groups in total. The van der Waals surface area contributed by atoms with Crippen molar-refractivity contribution in [2.45, 2.75) is 40.2 Å². The van der Waals surface area contributed by atoms with E-state index >= 15 is 0 Å². The number of nitrogens with one attached hydrogen (secondary N) is 1. The molecule has 0 amide bonds. The Hall–Kier alpha value is -1.36. The van der Waals surface area contributed by atoms with Crippen molar-refractivity contribution in [1.82, 2.24) is 9.97 Å². The first-order valence-electron chi connectivity index (χ1n) is 6.51. The van der Waals surface area contributed by atoms with E-state index in [1.54, 1.807) is 0 Å². The molecular weight excluding hydrogens is 230 g/mol. The highest BCUT2D eigenvalue weighted by molar-refractivity contribution is 5.48. The highest BCUT2D eigenvalue weighted by Gasteiger charge is 2.10. The van der Waals surface area contributed by atoms with Gasteiger partial charge in [0.05, 0.1) is 18.3 Å². The van der Waals surface area contributed by atoms with Gasteiger partial charge in [0.1, 0.15) is 18.8 Å². The Bertz CT molecular complexity index is 356. The lowest BCUT2D eigenvalue weighted by Crippen LogP contribution is -2.13. The number of hydrogen-bond donors (Lipinski definition) is 1. The van der Waals surface area contributed by atoms with E-state index < -0.39 is 0 Å². The molecule has 0 aromatic carbocycles. The van der Waals surface area contributed by atoms with Gasteiger partial charge in [0.15, 0.2) is 0 Å². The zero-order valence-electron chi connectivity index (χ0n) is 11.7. The molecule has 0 bridgehead atoms. The third-order valence-corrected chi connectivity index (χ3v) is 2.38. The van der Waals surface area contributed by atoms with Crippen molar-refractivity contribution in [2.24, 2.45) is 0 Å². The summed E-state index contributed by atoms with van der Waals surface area (Å²) in [5.41, 5.74) is 1.02. The fourth-order valence-electron chi connectivity index (χ4n) is 1.58.